The summed E-state index contributed by atoms with van der Waals surface area (Å²) in [6, 6.07) is 0. The average Bonchev–Trinajstić information content (AvgIpc) is 2.32. The van der Waals surface area contributed by atoms with E-state index < -0.39 is 48.6 Å². The molecule has 0 saturated carbocycles. The van der Waals surface area contributed by atoms with E-state index in [0.717, 1.165) is 9.47 Å². The fraction of sp³-hybridized carbons (Fsp3) is 1.00. The number of halogens is 18. The monoisotopic (exact) mass is 470 g/mol. The summed E-state index contributed by atoms with van der Waals surface area (Å²) in [4.78, 5) is 0. The molecule has 0 heterocycles. The fourth-order valence-corrected chi connectivity index (χ4v) is 0.931. The molecule has 0 aliphatic heterocycles. The molecule has 0 aromatic rings. The van der Waals surface area contributed by atoms with E-state index in [9.17, 15) is 79.0 Å². The summed E-state index contributed by atoms with van der Waals surface area (Å²) in [5, 5.41) is 0. The molecule has 20 heteroatoms. The van der Waals surface area contributed by atoms with Crippen LogP contribution in [-0.2, 0) is 9.47 Å². The van der Waals surface area contributed by atoms with Crippen molar-refractivity contribution in [3.8, 4) is 0 Å². The number of alkyl halides is 18. The average molecular weight is 470 g/mol. The van der Waals surface area contributed by atoms with E-state index in [1.54, 1.807) is 0 Å². The molecular weight excluding hydrogens is 470 g/mol. The van der Waals surface area contributed by atoms with Gasteiger partial charge in [-0.05, 0) is 0 Å². The molecule has 0 bridgehead atoms. The third-order valence-corrected chi connectivity index (χ3v) is 2.30. The highest BCUT2D eigenvalue weighted by atomic mass is 19.4. The Hall–Kier alpha value is -1.34. The van der Waals surface area contributed by atoms with Gasteiger partial charge in [0.1, 0.15) is 0 Å². The second kappa shape index (κ2) is 6.59. The van der Waals surface area contributed by atoms with Crippen LogP contribution >= 0.6 is 0 Å². The maximum Gasteiger partial charge on any atom is 0.483 e. The summed E-state index contributed by atoms with van der Waals surface area (Å²) in [7, 11) is 0. The fourth-order valence-electron chi connectivity index (χ4n) is 0.931. The molecular formula is C8F18O2. The van der Waals surface area contributed by atoms with Gasteiger partial charge >= 0.3 is 48.6 Å². The summed E-state index contributed by atoms with van der Waals surface area (Å²) in [6.45, 7) is 0. The Balaban J connectivity index is 6.09. The Morgan fingerprint density at radius 3 is 0.607 bits per heavy atom. The van der Waals surface area contributed by atoms with Crippen LogP contribution < -0.4 is 0 Å². The molecule has 0 aromatic carbocycles. The minimum absolute atomic E-state index is 1.11. The van der Waals surface area contributed by atoms with Gasteiger partial charge in [-0.25, -0.2) is 9.47 Å². The third kappa shape index (κ3) is 4.46. The molecule has 2 nitrogen and oxygen atoms in total. The Morgan fingerprint density at radius 1 is 0.286 bits per heavy atom. The molecule has 28 heavy (non-hydrogen) atoms. The molecule has 170 valence electrons. The van der Waals surface area contributed by atoms with Gasteiger partial charge in [0.05, 0.1) is 0 Å². The van der Waals surface area contributed by atoms with Crippen LogP contribution in [0.1, 0.15) is 0 Å². The van der Waals surface area contributed by atoms with Crippen molar-refractivity contribution in [3.05, 3.63) is 0 Å². The number of rotatable bonds is 7. The Bertz CT molecular complexity index is 505. The normalized spacial score (nSPS) is 16.5. The quantitative estimate of drug-likeness (QED) is 0.439. The van der Waals surface area contributed by atoms with Crippen molar-refractivity contribution in [2.75, 3.05) is 0 Å². The van der Waals surface area contributed by atoms with Crippen LogP contribution in [0.2, 0.25) is 0 Å². The molecule has 0 radical (unpaired) electrons. The van der Waals surface area contributed by atoms with Gasteiger partial charge in [-0.15, -0.1) is 0 Å². The maximum absolute atomic E-state index is 12.9. The summed E-state index contributed by atoms with van der Waals surface area (Å²) >= 11 is 0. The highest BCUT2D eigenvalue weighted by molar-refractivity contribution is 4.98. The lowest BCUT2D eigenvalue weighted by molar-refractivity contribution is -0.540. The molecule has 0 aromatic heterocycles. The van der Waals surface area contributed by atoms with E-state index in [2.05, 4.69) is 0 Å². The second-order valence-electron chi connectivity index (χ2n) is 4.42. The first-order chi connectivity index (χ1) is 11.7. The predicted molar refractivity (Wildman–Crippen MR) is 44.0 cm³/mol. The Labute approximate surface area is 139 Å². The minimum atomic E-state index is -8.25. The lowest BCUT2D eigenvalue weighted by Crippen LogP contribution is -2.66. The molecule has 0 atom stereocenters. The lowest BCUT2D eigenvalue weighted by atomic mass is 10.1. The third-order valence-electron chi connectivity index (χ3n) is 2.30. The molecule has 0 N–H and O–H groups in total. The van der Waals surface area contributed by atoms with E-state index in [1.807, 2.05) is 0 Å². The largest absolute Gasteiger partial charge is 0.483 e. The van der Waals surface area contributed by atoms with Crippen molar-refractivity contribution < 1.29 is 88.5 Å². The predicted octanol–water partition coefficient (Wildman–Crippen LogP) is 5.79. The highest BCUT2D eigenvalue weighted by Gasteiger charge is 2.86. The molecule has 0 fully saturated rings. The highest BCUT2D eigenvalue weighted by Crippen LogP contribution is 2.57. The van der Waals surface area contributed by atoms with Crippen molar-refractivity contribution in [1.82, 2.24) is 0 Å². The number of ether oxygens (including phenoxy) is 2. The second-order valence-corrected chi connectivity index (χ2v) is 4.42. The maximum atomic E-state index is 12.9. The van der Waals surface area contributed by atoms with E-state index >= 15 is 0 Å². The van der Waals surface area contributed by atoms with E-state index in [4.69, 9.17) is 0 Å². The summed E-state index contributed by atoms with van der Waals surface area (Å²) in [6.07, 6.45) is -45.2. The zero-order chi connectivity index (χ0) is 23.4. The zero-order valence-electron chi connectivity index (χ0n) is 11.6. The summed E-state index contributed by atoms with van der Waals surface area (Å²) in [5.41, 5.74) is 0. The van der Waals surface area contributed by atoms with E-state index in [0.29, 0.717) is 0 Å². The first kappa shape index (κ1) is 26.7. The molecule has 0 spiro atoms. The van der Waals surface area contributed by atoms with Crippen LogP contribution in [0.15, 0.2) is 0 Å². The number of hydrogen-bond acceptors (Lipinski definition) is 2. The van der Waals surface area contributed by atoms with E-state index in [1.165, 1.54) is 0 Å². The van der Waals surface area contributed by atoms with Crippen LogP contribution in [0.25, 0.3) is 0 Å². The van der Waals surface area contributed by atoms with Crippen LogP contribution in [0.3, 0.4) is 0 Å². The zero-order valence-corrected chi connectivity index (χ0v) is 11.6. The van der Waals surface area contributed by atoms with Gasteiger partial charge in [0.2, 0.25) is 0 Å². The summed E-state index contributed by atoms with van der Waals surface area (Å²) in [5.74, 6) is -16.5. The van der Waals surface area contributed by atoms with Crippen LogP contribution in [-0.4, -0.2) is 48.6 Å². The van der Waals surface area contributed by atoms with Crippen molar-refractivity contribution in [2.45, 2.75) is 48.6 Å². The van der Waals surface area contributed by atoms with Gasteiger partial charge < -0.3 is 0 Å². The van der Waals surface area contributed by atoms with Gasteiger partial charge in [0.25, 0.3) is 0 Å². The standard InChI is InChI=1S/C8F18O2/c9-1(10,5(19,20)27-7(23,24)3(13,14)15)2(11,12)6(21,22)28-8(25,26)4(16,17)18. The lowest BCUT2D eigenvalue weighted by Gasteiger charge is -2.37. The smallest absolute Gasteiger partial charge is 0.243 e. The van der Waals surface area contributed by atoms with Gasteiger partial charge in [-0.3, -0.25) is 0 Å². The molecule has 0 saturated heterocycles. The van der Waals surface area contributed by atoms with Crippen LogP contribution in [0.5, 0.6) is 0 Å². The van der Waals surface area contributed by atoms with E-state index in [-0.39, 0.29) is 0 Å². The minimum Gasteiger partial charge on any atom is -0.243 e. The molecule has 0 aliphatic rings. The SMILES string of the molecule is FC(F)(F)C(F)(F)OC(F)(F)C(F)(F)C(F)(F)C(F)(F)OC(F)(F)C(F)(F)F. The Kier molecular flexibility index (Phi) is 6.27. The molecule has 0 aliphatic carbocycles. The Morgan fingerprint density at radius 2 is 0.464 bits per heavy atom. The first-order valence-electron chi connectivity index (χ1n) is 5.47. The van der Waals surface area contributed by atoms with Crippen LogP contribution in [0.4, 0.5) is 79.0 Å². The first-order valence-corrected chi connectivity index (χ1v) is 5.47. The van der Waals surface area contributed by atoms with Crippen molar-refractivity contribution in [2.24, 2.45) is 0 Å². The molecule has 0 unspecified atom stereocenters. The number of hydrogen-bond donors (Lipinski definition) is 0. The van der Waals surface area contributed by atoms with Gasteiger partial charge in [-0.2, -0.15) is 79.0 Å². The summed E-state index contributed by atoms with van der Waals surface area (Å²) < 4.78 is 223. The van der Waals surface area contributed by atoms with Crippen molar-refractivity contribution in [3.63, 3.8) is 0 Å². The van der Waals surface area contributed by atoms with Crippen molar-refractivity contribution in [1.29, 1.82) is 0 Å². The molecule has 0 rings (SSSR count). The van der Waals surface area contributed by atoms with Crippen molar-refractivity contribution >= 4 is 0 Å². The van der Waals surface area contributed by atoms with Gasteiger partial charge in [0.15, 0.2) is 0 Å². The van der Waals surface area contributed by atoms with Gasteiger partial charge in [-0.1, -0.05) is 0 Å². The molecule has 0 amide bonds. The topological polar surface area (TPSA) is 18.5 Å². The van der Waals surface area contributed by atoms with Crippen LogP contribution in [0, 0.1) is 0 Å². The van der Waals surface area contributed by atoms with Gasteiger partial charge in [0, 0.05) is 0 Å².